The molecule has 0 saturated heterocycles. The Balaban J connectivity index is 1.63. The van der Waals surface area contributed by atoms with Gasteiger partial charge in [-0.25, -0.2) is 18.2 Å². The van der Waals surface area contributed by atoms with Gasteiger partial charge in [-0.1, -0.05) is 19.9 Å². The molecule has 182 valence electrons. The summed E-state index contributed by atoms with van der Waals surface area (Å²) in [6.45, 7) is 3.59. The van der Waals surface area contributed by atoms with E-state index in [0.29, 0.717) is 24.1 Å². The molecule has 6 nitrogen and oxygen atoms in total. The van der Waals surface area contributed by atoms with Crippen LogP contribution in [0.5, 0.6) is 0 Å². The number of hydrogen-bond donors (Lipinski definition) is 2. The van der Waals surface area contributed by atoms with Crippen LogP contribution in [0.25, 0.3) is 11.3 Å². The van der Waals surface area contributed by atoms with Crippen molar-refractivity contribution in [2.45, 2.75) is 44.6 Å². The predicted molar refractivity (Wildman–Crippen MR) is 123 cm³/mol. The molecule has 2 heterocycles. The molecule has 1 saturated carbocycles. The van der Waals surface area contributed by atoms with Gasteiger partial charge in [-0.2, -0.15) is 0 Å². The molecule has 2 aromatic heterocycles. The van der Waals surface area contributed by atoms with Crippen molar-refractivity contribution in [3.8, 4) is 11.3 Å². The van der Waals surface area contributed by atoms with E-state index in [0.717, 1.165) is 30.3 Å². The normalized spacial score (nSPS) is 22.2. The maximum atomic E-state index is 14.4. The molecule has 1 aliphatic carbocycles. The van der Waals surface area contributed by atoms with E-state index in [9.17, 15) is 27.9 Å². The highest BCUT2D eigenvalue weighted by atomic mass is 19.1. The molecule has 0 spiro atoms. The van der Waals surface area contributed by atoms with Crippen molar-refractivity contribution in [2.75, 3.05) is 5.32 Å². The molecule has 3 unspecified atom stereocenters. The molecule has 1 aromatic carbocycles. The fourth-order valence-electron chi connectivity index (χ4n) is 4.68. The molecule has 1 amide bonds. The number of aromatic nitrogens is 2. The number of Topliss-reactive ketones (excluding diaryl/α,β-unsaturated/α-hetero) is 1. The van der Waals surface area contributed by atoms with E-state index < -0.39 is 40.2 Å². The highest BCUT2D eigenvalue weighted by Gasteiger charge is 2.45. The molecule has 3 aromatic rings. The first-order valence-corrected chi connectivity index (χ1v) is 11.3. The van der Waals surface area contributed by atoms with Crippen molar-refractivity contribution < 1.29 is 27.9 Å². The van der Waals surface area contributed by atoms with Crippen molar-refractivity contribution in [1.29, 1.82) is 0 Å². The first-order valence-electron chi connectivity index (χ1n) is 11.3. The van der Waals surface area contributed by atoms with Gasteiger partial charge < -0.3 is 10.4 Å². The average molecular weight is 483 g/mol. The van der Waals surface area contributed by atoms with Crippen LogP contribution in [0.15, 0.2) is 48.8 Å². The number of rotatable bonds is 5. The predicted octanol–water partition coefficient (Wildman–Crippen LogP) is 5.04. The molecular formula is C26H24F3N3O3. The molecular weight excluding hydrogens is 459 g/mol. The molecule has 1 aliphatic rings. The standard InChI is InChI=1S/C26H24F3N3O3/c1-3-26(35)14(2)11-15(12-22(26)33)16-9-10-30-13-21(16)32-25(34)20-8-7-19(29)24(31-20)23-17(27)5-4-6-18(23)28/h4-10,13-15,35H,3,11-12H2,1-2H3,(H,32,34). The average Bonchev–Trinajstić information content (AvgIpc) is 2.83. The number of pyridine rings is 2. The van der Waals surface area contributed by atoms with Gasteiger partial charge in [-0.15, -0.1) is 0 Å². The minimum Gasteiger partial charge on any atom is -0.382 e. The third-order valence-corrected chi connectivity index (χ3v) is 6.73. The second-order valence-electron chi connectivity index (χ2n) is 8.78. The zero-order chi connectivity index (χ0) is 25.3. The summed E-state index contributed by atoms with van der Waals surface area (Å²) in [4.78, 5) is 33.6. The number of carbonyl (C=O) groups is 2. The van der Waals surface area contributed by atoms with Crippen molar-refractivity contribution in [3.63, 3.8) is 0 Å². The second kappa shape index (κ2) is 9.58. The highest BCUT2D eigenvalue weighted by molar-refractivity contribution is 6.03. The van der Waals surface area contributed by atoms with E-state index in [1.807, 2.05) is 6.92 Å². The Hall–Kier alpha value is -3.59. The highest BCUT2D eigenvalue weighted by Crippen LogP contribution is 2.43. The number of benzene rings is 1. The lowest BCUT2D eigenvalue weighted by atomic mass is 9.68. The lowest BCUT2D eigenvalue weighted by Crippen LogP contribution is -2.48. The summed E-state index contributed by atoms with van der Waals surface area (Å²) in [5, 5.41) is 13.4. The van der Waals surface area contributed by atoms with Crippen LogP contribution in [0.1, 0.15) is 55.1 Å². The summed E-state index contributed by atoms with van der Waals surface area (Å²) in [6, 6.07) is 6.80. The van der Waals surface area contributed by atoms with Crippen LogP contribution < -0.4 is 5.32 Å². The number of aliphatic hydroxyl groups is 1. The molecule has 4 rings (SSSR count). The number of nitrogens with one attached hydrogen (secondary N) is 1. The largest absolute Gasteiger partial charge is 0.382 e. The Labute approximate surface area is 200 Å². The SMILES string of the molecule is CCC1(O)C(=O)CC(c2ccncc2NC(=O)c2ccc(F)c(-c3c(F)cccc3F)n2)CC1C. The van der Waals surface area contributed by atoms with E-state index in [4.69, 9.17) is 0 Å². The van der Waals surface area contributed by atoms with Gasteiger partial charge in [0.1, 0.15) is 34.4 Å². The molecule has 0 radical (unpaired) electrons. The van der Waals surface area contributed by atoms with E-state index in [1.54, 1.807) is 13.0 Å². The zero-order valence-corrected chi connectivity index (χ0v) is 19.2. The Morgan fingerprint density at radius 2 is 1.86 bits per heavy atom. The summed E-state index contributed by atoms with van der Waals surface area (Å²) < 4.78 is 42.8. The van der Waals surface area contributed by atoms with Gasteiger partial charge in [0.25, 0.3) is 5.91 Å². The smallest absolute Gasteiger partial charge is 0.274 e. The van der Waals surface area contributed by atoms with Crippen LogP contribution in [-0.4, -0.2) is 32.4 Å². The summed E-state index contributed by atoms with van der Waals surface area (Å²) in [6.07, 6.45) is 3.91. The minimum atomic E-state index is -1.37. The molecule has 1 fully saturated rings. The van der Waals surface area contributed by atoms with E-state index in [2.05, 4.69) is 15.3 Å². The van der Waals surface area contributed by atoms with Crippen LogP contribution >= 0.6 is 0 Å². The summed E-state index contributed by atoms with van der Waals surface area (Å²) in [7, 11) is 0. The number of carbonyl (C=O) groups excluding carboxylic acids is 2. The van der Waals surface area contributed by atoms with Crippen LogP contribution in [0, 0.1) is 23.4 Å². The Kier molecular flexibility index (Phi) is 6.71. The Morgan fingerprint density at radius 3 is 2.51 bits per heavy atom. The maximum absolute atomic E-state index is 14.4. The Bertz CT molecular complexity index is 1280. The van der Waals surface area contributed by atoms with Crippen LogP contribution in [-0.2, 0) is 4.79 Å². The lowest BCUT2D eigenvalue weighted by Gasteiger charge is -2.40. The topological polar surface area (TPSA) is 92.2 Å². The molecule has 9 heteroatoms. The second-order valence-corrected chi connectivity index (χ2v) is 8.78. The summed E-state index contributed by atoms with van der Waals surface area (Å²) in [5.74, 6) is -4.53. The molecule has 35 heavy (non-hydrogen) atoms. The quantitative estimate of drug-likeness (QED) is 0.531. The minimum absolute atomic E-state index is 0.104. The number of amides is 1. The van der Waals surface area contributed by atoms with Gasteiger partial charge in [0.2, 0.25) is 0 Å². The van der Waals surface area contributed by atoms with Crippen LogP contribution in [0.4, 0.5) is 18.9 Å². The van der Waals surface area contributed by atoms with Crippen LogP contribution in [0.2, 0.25) is 0 Å². The number of halogens is 3. The lowest BCUT2D eigenvalue weighted by molar-refractivity contribution is -0.148. The zero-order valence-electron chi connectivity index (χ0n) is 19.2. The number of anilines is 1. The molecule has 0 bridgehead atoms. The van der Waals surface area contributed by atoms with Crippen molar-refractivity contribution in [3.05, 3.63) is 77.5 Å². The molecule has 3 atom stereocenters. The van der Waals surface area contributed by atoms with Crippen molar-refractivity contribution in [2.24, 2.45) is 5.92 Å². The third kappa shape index (κ3) is 4.55. The van der Waals surface area contributed by atoms with E-state index in [1.165, 1.54) is 12.4 Å². The first kappa shape index (κ1) is 24.5. The number of hydrogen-bond acceptors (Lipinski definition) is 5. The van der Waals surface area contributed by atoms with Gasteiger partial charge >= 0.3 is 0 Å². The van der Waals surface area contributed by atoms with E-state index >= 15 is 0 Å². The van der Waals surface area contributed by atoms with Gasteiger partial charge in [-0.3, -0.25) is 14.6 Å². The fourth-order valence-corrected chi connectivity index (χ4v) is 4.68. The van der Waals surface area contributed by atoms with E-state index in [-0.39, 0.29) is 29.7 Å². The van der Waals surface area contributed by atoms with Crippen LogP contribution in [0.3, 0.4) is 0 Å². The Morgan fingerprint density at radius 1 is 1.14 bits per heavy atom. The number of ketones is 1. The van der Waals surface area contributed by atoms with Crippen molar-refractivity contribution >= 4 is 17.4 Å². The molecule has 2 N–H and O–H groups in total. The fraction of sp³-hybridized carbons (Fsp3) is 0.308. The maximum Gasteiger partial charge on any atom is 0.274 e. The summed E-state index contributed by atoms with van der Waals surface area (Å²) in [5.41, 5.74) is -1.93. The van der Waals surface area contributed by atoms with Gasteiger partial charge in [0.15, 0.2) is 5.78 Å². The monoisotopic (exact) mass is 483 g/mol. The molecule has 0 aliphatic heterocycles. The third-order valence-electron chi connectivity index (χ3n) is 6.73. The summed E-state index contributed by atoms with van der Waals surface area (Å²) >= 11 is 0. The van der Waals surface area contributed by atoms with Gasteiger partial charge in [0.05, 0.1) is 17.4 Å². The van der Waals surface area contributed by atoms with Crippen molar-refractivity contribution in [1.82, 2.24) is 9.97 Å². The number of nitrogens with zero attached hydrogens (tertiary/aromatic N) is 2. The van der Waals surface area contributed by atoms with Gasteiger partial charge in [-0.05, 0) is 60.6 Å². The van der Waals surface area contributed by atoms with Gasteiger partial charge in [0, 0.05) is 12.6 Å². The first-order chi connectivity index (χ1) is 16.7.